The molecule has 0 fully saturated rings. The van der Waals surface area contributed by atoms with Gasteiger partial charge in [0.25, 0.3) is 0 Å². The van der Waals surface area contributed by atoms with Crippen molar-refractivity contribution in [3.63, 3.8) is 0 Å². The van der Waals surface area contributed by atoms with Gasteiger partial charge in [-0.15, -0.1) is 0 Å². The molecule has 0 aliphatic heterocycles. The first-order valence-electron chi connectivity index (χ1n) is 6.11. The molecule has 0 radical (unpaired) electrons. The summed E-state index contributed by atoms with van der Waals surface area (Å²) in [6.07, 6.45) is 0.792. The van der Waals surface area contributed by atoms with Crippen LogP contribution in [0.4, 0.5) is 15.8 Å². The van der Waals surface area contributed by atoms with Crippen molar-refractivity contribution in [1.82, 2.24) is 0 Å². The Kier molecular flexibility index (Phi) is 4.23. The van der Waals surface area contributed by atoms with Gasteiger partial charge in [-0.3, -0.25) is 0 Å². The molecule has 100 valence electrons. The number of hydrogen-bond acceptors (Lipinski definition) is 3. The van der Waals surface area contributed by atoms with E-state index in [1.807, 2.05) is 24.3 Å². The predicted molar refractivity (Wildman–Crippen MR) is 76.0 cm³/mol. The molecule has 0 heterocycles. The molecule has 0 bridgehead atoms. The Balaban J connectivity index is 1.96. The molecule has 0 unspecified atom stereocenters. The van der Waals surface area contributed by atoms with Crippen LogP contribution in [0, 0.1) is 5.82 Å². The number of methoxy groups -OCH3 is 1. The number of benzene rings is 2. The second kappa shape index (κ2) is 6.09. The molecular weight excluding hydrogens is 243 g/mol. The van der Waals surface area contributed by atoms with E-state index in [9.17, 15) is 4.39 Å². The summed E-state index contributed by atoms with van der Waals surface area (Å²) in [6, 6.07) is 12.3. The molecule has 0 aromatic heterocycles. The zero-order valence-corrected chi connectivity index (χ0v) is 10.8. The molecule has 2 aromatic rings. The third kappa shape index (κ3) is 3.61. The van der Waals surface area contributed by atoms with E-state index < -0.39 is 0 Å². The molecule has 2 rings (SSSR count). The van der Waals surface area contributed by atoms with Crippen molar-refractivity contribution in [3.05, 3.63) is 53.8 Å². The lowest BCUT2D eigenvalue weighted by Crippen LogP contribution is -2.06. The van der Waals surface area contributed by atoms with Crippen molar-refractivity contribution in [2.75, 3.05) is 24.7 Å². The minimum absolute atomic E-state index is 0.334. The summed E-state index contributed by atoms with van der Waals surface area (Å²) in [5, 5.41) is 3.15. The number of nitrogens with two attached hydrogens (primary N) is 1. The van der Waals surface area contributed by atoms with Gasteiger partial charge in [0.15, 0.2) is 0 Å². The number of ether oxygens (including phenoxy) is 1. The van der Waals surface area contributed by atoms with Crippen molar-refractivity contribution in [1.29, 1.82) is 0 Å². The highest BCUT2D eigenvalue weighted by atomic mass is 19.1. The lowest BCUT2D eigenvalue weighted by Gasteiger charge is -2.10. The SMILES string of the molecule is COc1ccccc1CCNc1cc(N)cc(F)c1. The van der Waals surface area contributed by atoms with Gasteiger partial charge in [-0.25, -0.2) is 4.39 Å². The highest BCUT2D eigenvalue weighted by Gasteiger charge is 2.02. The van der Waals surface area contributed by atoms with Crippen LogP contribution in [0.5, 0.6) is 5.75 Å². The normalized spacial score (nSPS) is 10.2. The largest absolute Gasteiger partial charge is 0.496 e. The van der Waals surface area contributed by atoms with E-state index in [4.69, 9.17) is 10.5 Å². The molecule has 0 amide bonds. The Morgan fingerprint density at radius 2 is 2.00 bits per heavy atom. The molecule has 3 N–H and O–H groups in total. The quantitative estimate of drug-likeness (QED) is 0.812. The maximum atomic E-state index is 13.2. The van der Waals surface area contributed by atoms with Crippen molar-refractivity contribution in [2.24, 2.45) is 0 Å². The third-order valence-corrected chi connectivity index (χ3v) is 2.84. The number of rotatable bonds is 5. The summed E-state index contributed by atoms with van der Waals surface area (Å²) in [6.45, 7) is 0.684. The van der Waals surface area contributed by atoms with Gasteiger partial charge >= 0.3 is 0 Å². The summed E-state index contributed by atoms with van der Waals surface area (Å²) in [5.74, 6) is 0.530. The summed E-state index contributed by atoms with van der Waals surface area (Å²) in [4.78, 5) is 0. The zero-order valence-electron chi connectivity index (χ0n) is 10.8. The van der Waals surface area contributed by atoms with Gasteiger partial charge in [0.1, 0.15) is 11.6 Å². The fraction of sp³-hybridized carbons (Fsp3) is 0.200. The van der Waals surface area contributed by atoms with Crippen LogP contribution in [0.1, 0.15) is 5.56 Å². The predicted octanol–water partition coefficient (Wildman–Crippen LogP) is 3.07. The van der Waals surface area contributed by atoms with Gasteiger partial charge in [0.2, 0.25) is 0 Å². The number of nitrogen functional groups attached to an aromatic ring is 1. The van der Waals surface area contributed by atoms with Gasteiger partial charge in [0, 0.05) is 17.9 Å². The van der Waals surface area contributed by atoms with E-state index in [0.717, 1.165) is 17.7 Å². The standard InChI is InChI=1S/C15H17FN2O/c1-19-15-5-3-2-4-11(15)6-7-18-14-9-12(16)8-13(17)10-14/h2-5,8-10,18H,6-7,17H2,1H3. The number of anilines is 2. The van der Waals surface area contributed by atoms with Crippen molar-refractivity contribution >= 4 is 11.4 Å². The molecule has 0 aliphatic carbocycles. The highest BCUT2D eigenvalue weighted by molar-refractivity contribution is 5.54. The Morgan fingerprint density at radius 1 is 1.21 bits per heavy atom. The van der Waals surface area contributed by atoms with Crippen LogP contribution >= 0.6 is 0 Å². The van der Waals surface area contributed by atoms with Crippen LogP contribution in [0.25, 0.3) is 0 Å². The number of hydrogen-bond donors (Lipinski definition) is 2. The van der Waals surface area contributed by atoms with Gasteiger partial charge in [-0.05, 0) is 36.2 Å². The first-order chi connectivity index (χ1) is 9.19. The van der Waals surface area contributed by atoms with Crippen molar-refractivity contribution < 1.29 is 9.13 Å². The van der Waals surface area contributed by atoms with Crippen LogP contribution in [0.3, 0.4) is 0 Å². The van der Waals surface area contributed by atoms with E-state index in [1.54, 1.807) is 13.2 Å². The molecule has 0 saturated heterocycles. The van der Waals surface area contributed by atoms with Crippen LogP contribution in [-0.2, 0) is 6.42 Å². The van der Waals surface area contributed by atoms with Crippen molar-refractivity contribution in [3.8, 4) is 5.75 Å². The second-order valence-corrected chi connectivity index (χ2v) is 4.26. The lowest BCUT2D eigenvalue weighted by molar-refractivity contribution is 0.410. The molecule has 2 aromatic carbocycles. The molecule has 0 atom stereocenters. The maximum absolute atomic E-state index is 13.2. The summed E-state index contributed by atoms with van der Waals surface area (Å²) >= 11 is 0. The minimum Gasteiger partial charge on any atom is -0.496 e. The van der Waals surface area contributed by atoms with E-state index in [0.29, 0.717) is 17.9 Å². The third-order valence-electron chi connectivity index (χ3n) is 2.84. The van der Waals surface area contributed by atoms with Gasteiger partial charge in [0.05, 0.1) is 7.11 Å². The van der Waals surface area contributed by atoms with Gasteiger partial charge < -0.3 is 15.8 Å². The summed E-state index contributed by atoms with van der Waals surface area (Å²) < 4.78 is 18.4. The van der Waals surface area contributed by atoms with Crippen LogP contribution in [0.15, 0.2) is 42.5 Å². The fourth-order valence-electron chi connectivity index (χ4n) is 1.97. The van der Waals surface area contributed by atoms with Gasteiger partial charge in [-0.1, -0.05) is 18.2 Å². The minimum atomic E-state index is -0.334. The van der Waals surface area contributed by atoms with E-state index >= 15 is 0 Å². The molecule has 0 spiro atoms. The number of halogens is 1. The number of nitrogens with one attached hydrogen (secondary N) is 1. The highest BCUT2D eigenvalue weighted by Crippen LogP contribution is 2.19. The van der Waals surface area contributed by atoms with E-state index in [1.165, 1.54) is 12.1 Å². The zero-order chi connectivity index (χ0) is 13.7. The molecule has 4 heteroatoms. The smallest absolute Gasteiger partial charge is 0.127 e. The average molecular weight is 260 g/mol. The monoisotopic (exact) mass is 260 g/mol. The van der Waals surface area contributed by atoms with Gasteiger partial charge in [-0.2, -0.15) is 0 Å². The molecule has 3 nitrogen and oxygen atoms in total. The van der Waals surface area contributed by atoms with E-state index in [-0.39, 0.29) is 5.82 Å². The Labute approximate surface area is 112 Å². The molecule has 0 saturated carbocycles. The molecule has 0 aliphatic rings. The van der Waals surface area contributed by atoms with E-state index in [2.05, 4.69) is 5.32 Å². The topological polar surface area (TPSA) is 47.3 Å². The van der Waals surface area contributed by atoms with Crippen LogP contribution in [-0.4, -0.2) is 13.7 Å². The molecular formula is C15H17FN2O. The maximum Gasteiger partial charge on any atom is 0.127 e. The summed E-state index contributed by atoms with van der Waals surface area (Å²) in [5.41, 5.74) is 7.80. The van der Waals surface area contributed by atoms with Crippen LogP contribution < -0.4 is 15.8 Å². The van der Waals surface area contributed by atoms with Crippen LogP contribution in [0.2, 0.25) is 0 Å². The first kappa shape index (κ1) is 13.2. The first-order valence-corrected chi connectivity index (χ1v) is 6.11. The Hall–Kier alpha value is -2.23. The molecule has 19 heavy (non-hydrogen) atoms. The number of para-hydroxylation sites is 1. The average Bonchev–Trinajstić information content (AvgIpc) is 2.38. The Bertz CT molecular complexity index is 537. The lowest BCUT2D eigenvalue weighted by atomic mass is 10.1. The van der Waals surface area contributed by atoms with Crippen molar-refractivity contribution in [2.45, 2.75) is 6.42 Å². The summed E-state index contributed by atoms with van der Waals surface area (Å²) in [7, 11) is 1.65. The second-order valence-electron chi connectivity index (χ2n) is 4.26. The Morgan fingerprint density at radius 3 is 2.74 bits per heavy atom. The fourth-order valence-corrected chi connectivity index (χ4v) is 1.97.